The number of carbonyl (C=O) groups is 1. The van der Waals surface area contributed by atoms with Gasteiger partial charge in [0, 0.05) is 21.5 Å². The van der Waals surface area contributed by atoms with Gasteiger partial charge in [-0.1, -0.05) is 40.6 Å². The summed E-state index contributed by atoms with van der Waals surface area (Å²) in [6.07, 6.45) is -1.48. The van der Waals surface area contributed by atoms with Crippen LogP contribution in [0.5, 0.6) is 5.06 Å². The highest BCUT2D eigenvalue weighted by atomic mass is 35.5. The summed E-state index contributed by atoms with van der Waals surface area (Å²) in [6.45, 7) is 0. The van der Waals surface area contributed by atoms with Crippen molar-refractivity contribution >= 4 is 40.7 Å². The molecule has 0 spiro atoms. The Morgan fingerprint density at radius 3 is 2.44 bits per heavy atom. The van der Waals surface area contributed by atoms with Crippen molar-refractivity contribution < 1.29 is 23.4 Å². The van der Waals surface area contributed by atoms with Gasteiger partial charge < -0.3 is 9.84 Å². The third kappa shape index (κ3) is 3.92. The van der Waals surface area contributed by atoms with Crippen molar-refractivity contribution in [3.8, 4) is 26.6 Å². The van der Waals surface area contributed by atoms with Gasteiger partial charge in [0.05, 0.1) is 5.02 Å². The Bertz CT molecular complexity index is 952. The fourth-order valence-corrected chi connectivity index (χ4v) is 3.70. The van der Waals surface area contributed by atoms with Crippen molar-refractivity contribution in [2.75, 3.05) is 0 Å². The lowest BCUT2D eigenvalue weighted by atomic mass is 10.0. The van der Waals surface area contributed by atoms with E-state index in [1.807, 2.05) is 0 Å². The van der Waals surface area contributed by atoms with Gasteiger partial charge in [0.25, 0.3) is 0 Å². The minimum Gasteiger partial charge on any atom is -0.449 e. The molecule has 128 valence electrons. The van der Waals surface area contributed by atoms with Crippen molar-refractivity contribution in [2.24, 2.45) is 0 Å². The van der Waals surface area contributed by atoms with Crippen LogP contribution in [0.4, 0.5) is 13.6 Å². The first-order chi connectivity index (χ1) is 11.8. The molecule has 8 heteroatoms. The maximum atomic E-state index is 13.7. The minimum absolute atomic E-state index is 0.0818. The molecule has 25 heavy (non-hydrogen) atoms. The van der Waals surface area contributed by atoms with E-state index < -0.39 is 17.8 Å². The van der Waals surface area contributed by atoms with Gasteiger partial charge in [-0.2, -0.15) is 0 Å². The summed E-state index contributed by atoms with van der Waals surface area (Å²) in [5, 5.41) is 8.99. The van der Waals surface area contributed by atoms with Gasteiger partial charge in [-0.3, -0.25) is 0 Å². The third-order valence-electron chi connectivity index (χ3n) is 3.25. The maximum Gasteiger partial charge on any atom is 0.512 e. The van der Waals surface area contributed by atoms with E-state index in [-0.39, 0.29) is 15.1 Å². The lowest BCUT2D eigenvalue weighted by molar-refractivity contribution is 0.146. The summed E-state index contributed by atoms with van der Waals surface area (Å²) >= 11 is 12.7. The number of hydrogen-bond donors (Lipinski definition) is 1. The molecule has 3 aromatic rings. The minimum atomic E-state index is -1.48. The number of benzene rings is 2. The number of rotatable bonds is 3. The average Bonchev–Trinajstić information content (AvgIpc) is 2.92. The number of thiophene rings is 1. The van der Waals surface area contributed by atoms with Crippen LogP contribution in [0.1, 0.15) is 0 Å². The molecule has 0 bridgehead atoms. The lowest BCUT2D eigenvalue weighted by Crippen LogP contribution is -2.00. The average molecular weight is 401 g/mol. The largest absolute Gasteiger partial charge is 0.512 e. The van der Waals surface area contributed by atoms with Gasteiger partial charge in [0.2, 0.25) is 0 Å². The SMILES string of the molecule is O=C(O)Oc1cc(-c2ccc(F)c(Cl)c2)c(-c2cc(F)cc(Cl)c2)s1. The molecular weight excluding hydrogens is 393 g/mol. The highest BCUT2D eigenvalue weighted by Gasteiger charge is 2.17. The van der Waals surface area contributed by atoms with Gasteiger partial charge in [-0.05, 0) is 41.5 Å². The zero-order valence-electron chi connectivity index (χ0n) is 12.2. The summed E-state index contributed by atoms with van der Waals surface area (Å²) < 4.78 is 31.8. The molecule has 0 aliphatic rings. The van der Waals surface area contributed by atoms with Gasteiger partial charge in [0.15, 0.2) is 5.06 Å². The van der Waals surface area contributed by atoms with E-state index in [2.05, 4.69) is 0 Å². The fourth-order valence-electron chi connectivity index (χ4n) is 2.28. The summed E-state index contributed by atoms with van der Waals surface area (Å²) in [6, 6.07) is 9.49. The summed E-state index contributed by atoms with van der Waals surface area (Å²) in [5.41, 5.74) is 1.48. The van der Waals surface area contributed by atoms with Crippen molar-refractivity contribution in [3.05, 3.63) is 64.1 Å². The molecule has 2 aromatic carbocycles. The van der Waals surface area contributed by atoms with Crippen LogP contribution in [0.3, 0.4) is 0 Å². The Kier molecular flexibility index (Phi) is 4.94. The second kappa shape index (κ2) is 7.00. The van der Waals surface area contributed by atoms with Crippen LogP contribution in [-0.4, -0.2) is 11.3 Å². The van der Waals surface area contributed by atoms with Gasteiger partial charge in [-0.15, -0.1) is 0 Å². The molecule has 0 saturated carbocycles. The van der Waals surface area contributed by atoms with Crippen LogP contribution >= 0.6 is 34.5 Å². The quantitative estimate of drug-likeness (QED) is 0.496. The molecule has 0 radical (unpaired) electrons. The molecule has 0 saturated heterocycles. The second-order valence-electron chi connectivity index (χ2n) is 4.96. The molecule has 1 heterocycles. The van der Waals surface area contributed by atoms with Crippen LogP contribution in [-0.2, 0) is 0 Å². The molecule has 3 rings (SSSR count). The van der Waals surface area contributed by atoms with E-state index in [1.165, 1.54) is 36.4 Å². The monoisotopic (exact) mass is 400 g/mol. The van der Waals surface area contributed by atoms with Crippen LogP contribution in [0.25, 0.3) is 21.6 Å². The predicted molar refractivity (Wildman–Crippen MR) is 93.8 cm³/mol. The number of hydrogen-bond acceptors (Lipinski definition) is 3. The Hall–Kier alpha value is -2.15. The predicted octanol–water partition coefficient (Wildman–Crippen LogP) is 6.72. The first-order valence-electron chi connectivity index (χ1n) is 6.80. The van der Waals surface area contributed by atoms with Crippen LogP contribution in [0.2, 0.25) is 10.0 Å². The zero-order chi connectivity index (χ0) is 18.1. The molecule has 3 nitrogen and oxygen atoms in total. The topological polar surface area (TPSA) is 46.5 Å². The van der Waals surface area contributed by atoms with Crippen molar-refractivity contribution in [1.82, 2.24) is 0 Å². The molecule has 0 aliphatic heterocycles. The van der Waals surface area contributed by atoms with Crippen molar-refractivity contribution in [2.45, 2.75) is 0 Å². The number of halogens is 4. The Morgan fingerprint density at radius 2 is 1.80 bits per heavy atom. The van der Waals surface area contributed by atoms with E-state index in [0.717, 1.165) is 17.4 Å². The highest BCUT2D eigenvalue weighted by molar-refractivity contribution is 7.18. The molecule has 1 aromatic heterocycles. The highest BCUT2D eigenvalue weighted by Crippen LogP contribution is 2.44. The fraction of sp³-hybridized carbons (Fsp3) is 0. The number of carboxylic acid groups (broad SMARTS) is 1. The molecule has 0 atom stereocenters. The second-order valence-corrected chi connectivity index (χ2v) is 6.82. The molecule has 1 N–H and O–H groups in total. The van der Waals surface area contributed by atoms with Crippen molar-refractivity contribution in [1.29, 1.82) is 0 Å². The van der Waals surface area contributed by atoms with E-state index >= 15 is 0 Å². The van der Waals surface area contributed by atoms with Crippen LogP contribution < -0.4 is 4.74 Å². The Morgan fingerprint density at radius 1 is 1.04 bits per heavy atom. The van der Waals surface area contributed by atoms with Gasteiger partial charge in [0.1, 0.15) is 11.6 Å². The van der Waals surface area contributed by atoms with E-state index in [4.69, 9.17) is 33.0 Å². The first-order valence-corrected chi connectivity index (χ1v) is 8.37. The van der Waals surface area contributed by atoms with Crippen molar-refractivity contribution in [3.63, 3.8) is 0 Å². The lowest BCUT2D eigenvalue weighted by Gasteiger charge is -2.06. The zero-order valence-corrected chi connectivity index (χ0v) is 14.6. The van der Waals surface area contributed by atoms with Crippen LogP contribution in [0.15, 0.2) is 42.5 Å². The van der Waals surface area contributed by atoms with E-state index in [9.17, 15) is 13.6 Å². The summed E-state index contributed by atoms with van der Waals surface area (Å²) in [4.78, 5) is 11.3. The summed E-state index contributed by atoms with van der Waals surface area (Å²) in [5.74, 6) is -1.13. The van der Waals surface area contributed by atoms with Gasteiger partial charge >= 0.3 is 6.16 Å². The molecule has 0 unspecified atom stereocenters. The van der Waals surface area contributed by atoms with Gasteiger partial charge in [-0.25, -0.2) is 13.6 Å². The molecule has 0 amide bonds. The molecule has 0 fully saturated rings. The number of ether oxygens (including phenoxy) is 1. The first kappa shape index (κ1) is 17.7. The third-order valence-corrected chi connectivity index (χ3v) is 4.82. The smallest absolute Gasteiger partial charge is 0.449 e. The van der Waals surface area contributed by atoms with E-state index in [1.54, 1.807) is 0 Å². The standard InChI is InChI=1S/C17H8Cl2F2O3S/c18-10-3-9(4-11(20)6-10)16-12(7-15(25-16)24-17(22)23)8-1-2-14(21)13(19)5-8/h1-7H,(H,22,23). The van der Waals surface area contributed by atoms with E-state index in [0.29, 0.717) is 21.6 Å². The maximum absolute atomic E-state index is 13.7. The molecular formula is C17H8Cl2F2O3S. The van der Waals surface area contributed by atoms with Crippen LogP contribution in [0, 0.1) is 11.6 Å². The Balaban J connectivity index is 2.20. The Labute approximate surface area is 155 Å². The summed E-state index contributed by atoms with van der Waals surface area (Å²) in [7, 11) is 0. The normalized spacial score (nSPS) is 10.7. The molecule has 0 aliphatic carbocycles.